The van der Waals surface area contributed by atoms with E-state index in [4.69, 9.17) is 4.74 Å². The smallest absolute Gasteiger partial charge is 0.306 e. The van der Waals surface area contributed by atoms with Gasteiger partial charge in [-0.05, 0) is 31.2 Å². The summed E-state index contributed by atoms with van der Waals surface area (Å²) in [5, 5.41) is 0. The van der Waals surface area contributed by atoms with E-state index in [1.807, 2.05) is 6.07 Å². The predicted octanol–water partition coefficient (Wildman–Crippen LogP) is 3.42. The van der Waals surface area contributed by atoms with E-state index >= 15 is 0 Å². The Balaban J connectivity index is 1.93. The van der Waals surface area contributed by atoms with Crippen molar-refractivity contribution in [2.24, 2.45) is 0 Å². The maximum Gasteiger partial charge on any atom is 0.306 e. The van der Waals surface area contributed by atoms with Gasteiger partial charge in [-0.1, -0.05) is 36.8 Å². The molecule has 17 heavy (non-hydrogen) atoms. The molecule has 1 spiro atoms. The Labute approximate surface area is 102 Å². The van der Waals surface area contributed by atoms with Gasteiger partial charge in [0, 0.05) is 12.3 Å². The molecule has 2 nitrogen and oxygen atoms in total. The van der Waals surface area contributed by atoms with Crippen LogP contribution in [0.2, 0.25) is 0 Å². The van der Waals surface area contributed by atoms with Crippen molar-refractivity contribution in [1.29, 1.82) is 0 Å². The Morgan fingerprint density at radius 2 is 1.94 bits per heavy atom. The van der Waals surface area contributed by atoms with Crippen molar-refractivity contribution in [2.45, 2.75) is 50.0 Å². The average molecular weight is 230 g/mol. The van der Waals surface area contributed by atoms with Crippen LogP contribution in [0.3, 0.4) is 0 Å². The van der Waals surface area contributed by atoms with E-state index in [1.54, 1.807) is 0 Å². The number of hydrogen-bond donors (Lipinski definition) is 0. The van der Waals surface area contributed by atoms with Crippen molar-refractivity contribution in [1.82, 2.24) is 0 Å². The summed E-state index contributed by atoms with van der Waals surface area (Å²) in [5.74, 6) is 0.400. The van der Waals surface area contributed by atoms with Crippen LogP contribution in [0.25, 0.3) is 0 Å². The fourth-order valence-electron chi connectivity index (χ4n) is 3.43. The molecule has 2 unspecified atom stereocenters. The van der Waals surface area contributed by atoms with Crippen molar-refractivity contribution < 1.29 is 9.53 Å². The molecule has 2 heteroatoms. The minimum Gasteiger partial charge on any atom is -0.458 e. The Kier molecular flexibility index (Phi) is 2.65. The van der Waals surface area contributed by atoms with Crippen LogP contribution in [0.15, 0.2) is 30.3 Å². The van der Waals surface area contributed by atoms with Gasteiger partial charge in [0.25, 0.3) is 0 Å². The van der Waals surface area contributed by atoms with Crippen LogP contribution in [-0.2, 0) is 9.53 Å². The summed E-state index contributed by atoms with van der Waals surface area (Å²) >= 11 is 0. The first-order chi connectivity index (χ1) is 8.30. The Bertz CT molecular complexity index is 412. The molecule has 0 radical (unpaired) electrons. The third kappa shape index (κ3) is 1.86. The highest BCUT2D eigenvalue weighted by atomic mass is 16.6. The van der Waals surface area contributed by atoms with E-state index in [9.17, 15) is 4.79 Å². The van der Waals surface area contributed by atoms with Crippen molar-refractivity contribution >= 4 is 5.97 Å². The topological polar surface area (TPSA) is 26.3 Å². The van der Waals surface area contributed by atoms with Crippen LogP contribution in [0.5, 0.6) is 0 Å². The zero-order chi connectivity index (χ0) is 11.7. The molecule has 1 aromatic rings. The van der Waals surface area contributed by atoms with Gasteiger partial charge >= 0.3 is 5.97 Å². The maximum absolute atomic E-state index is 11.5. The molecular formula is C15H18O2. The summed E-state index contributed by atoms with van der Waals surface area (Å²) in [6.45, 7) is 0. The summed E-state index contributed by atoms with van der Waals surface area (Å²) in [5.41, 5.74) is 1.15. The third-order valence-electron chi connectivity index (χ3n) is 4.25. The molecule has 1 aliphatic carbocycles. The van der Waals surface area contributed by atoms with Crippen LogP contribution in [0.1, 0.15) is 50.0 Å². The van der Waals surface area contributed by atoms with Crippen molar-refractivity contribution in [3.63, 3.8) is 0 Å². The zero-order valence-electron chi connectivity index (χ0n) is 10.0. The fraction of sp³-hybridized carbons (Fsp3) is 0.533. The molecule has 0 bridgehead atoms. The summed E-state index contributed by atoms with van der Waals surface area (Å²) in [6.07, 6.45) is 6.14. The van der Waals surface area contributed by atoms with Gasteiger partial charge in [-0.2, -0.15) is 0 Å². The number of carbonyl (C=O) groups is 1. The van der Waals surface area contributed by atoms with Crippen molar-refractivity contribution in [3.05, 3.63) is 35.9 Å². The number of carbonyl (C=O) groups excluding carboxylic acids is 1. The largest absolute Gasteiger partial charge is 0.458 e. The number of hydrogen-bond acceptors (Lipinski definition) is 2. The fourth-order valence-corrected chi connectivity index (χ4v) is 3.43. The minimum absolute atomic E-state index is 0.00664. The highest BCUT2D eigenvalue weighted by Gasteiger charge is 2.48. The standard InChI is InChI=1S/C15H18O2/c16-14-9-11-15(17-14)10-5-4-8-13(15)12-6-2-1-3-7-12/h1-3,6-7,13H,4-5,8-11H2. The molecule has 0 amide bonds. The van der Waals surface area contributed by atoms with Gasteiger partial charge in [0.15, 0.2) is 0 Å². The molecule has 2 fully saturated rings. The monoisotopic (exact) mass is 230 g/mol. The second kappa shape index (κ2) is 4.17. The van der Waals surface area contributed by atoms with Gasteiger partial charge in [-0.15, -0.1) is 0 Å². The van der Waals surface area contributed by atoms with Crippen LogP contribution >= 0.6 is 0 Å². The second-order valence-electron chi connectivity index (χ2n) is 5.25. The Morgan fingerprint density at radius 3 is 2.65 bits per heavy atom. The molecule has 1 saturated carbocycles. The molecule has 0 aromatic heterocycles. The van der Waals surface area contributed by atoms with Gasteiger partial charge in [-0.3, -0.25) is 4.79 Å². The highest BCUT2D eigenvalue weighted by molar-refractivity contribution is 5.72. The summed E-state index contributed by atoms with van der Waals surface area (Å²) < 4.78 is 5.72. The quantitative estimate of drug-likeness (QED) is 0.691. The first kappa shape index (κ1) is 10.8. The summed E-state index contributed by atoms with van der Waals surface area (Å²) in [6, 6.07) is 10.5. The molecule has 3 rings (SSSR count). The Morgan fingerprint density at radius 1 is 1.12 bits per heavy atom. The molecule has 1 heterocycles. The van der Waals surface area contributed by atoms with Gasteiger partial charge in [0.05, 0.1) is 0 Å². The lowest BCUT2D eigenvalue weighted by Gasteiger charge is -2.40. The van der Waals surface area contributed by atoms with Gasteiger partial charge in [-0.25, -0.2) is 0 Å². The number of esters is 1. The normalized spacial score (nSPS) is 32.7. The van der Waals surface area contributed by atoms with Crippen molar-refractivity contribution in [2.75, 3.05) is 0 Å². The summed E-state index contributed by atoms with van der Waals surface area (Å²) in [4.78, 5) is 11.5. The molecule has 1 saturated heterocycles. The van der Waals surface area contributed by atoms with Gasteiger partial charge in [0.2, 0.25) is 0 Å². The average Bonchev–Trinajstić information content (AvgIpc) is 2.73. The van der Waals surface area contributed by atoms with E-state index in [2.05, 4.69) is 24.3 Å². The van der Waals surface area contributed by atoms with Crippen molar-refractivity contribution in [3.8, 4) is 0 Å². The van der Waals surface area contributed by atoms with E-state index in [0.717, 1.165) is 19.3 Å². The first-order valence-electron chi connectivity index (χ1n) is 6.57. The van der Waals surface area contributed by atoms with E-state index in [0.29, 0.717) is 12.3 Å². The Hall–Kier alpha value is -1.31. The molecule has 1 aromatic carbocycles. The van der Waals surface area contributed by atoms with Crippen LogP contribution in [0, 0.1) is 0 Å². The third-order valence-corrected chi connectivity index (χ3v) is 4.25. The number of benzene rings is 1. The molecule has 2 atom stereocenters. The van der Waals surface area contributed by atoms with E-state index in [-0.39, 0.29) is 11.6 Å². The van der Waals surface area contributed by atoms with E-state index in [1.165, 1.54) is 18.4 Å². The lowest BCUT2D eigenvalue weighted by atomic mass is 9.71. The molecule has 0 N–H and O–H groups in total. The maximum atomic E-state index is 11.5. The minimum atomic E-state index is -0.184. The van der Waals surface area contributed by atoms with Gasteiger partial charge in [0.1, 0.15) is 5.60 Å². The highest BCUT2D eigenvalue weighted by Crippen LogP contribution is 2.48. The van der Waals surface area contributed by atoms with Crippen LogP contribution in [-0.4, -0.2) is 11.6 Å². The molecule has 90 valence electrons. The number of ether oxygens (including phenoxy) is 1. The first-order valence-corrected chi connectivity index (χ1v) is 6.57. The van der Waals surface area contributed by atoms with Gasteiger partial charge < -0.3 is 4.74 Å². The van der Waals surface area contributed by atoms with E-state index < -0.39 is 0 Å². The van der Waals surface area contributed by atoms with Crippen LogP contribution < -0.4 is 0 Å². The molecule has 1 aliphatic heterocycles. The lowest BCUT2D eigenvalue weighted by molar-refractivity contribution is -0.152. The molecule has 2 aliphatic rings. The molecular weight excluding hydrogens is 212 g/mol. The zero-order valence-corrected chi connectivity index (χ0v) is 10.0. The second-order valence-corrected chi connectivity index (χ2v) is 5.25. The van der Waals surface area contributed by atoms with Crippen LogP contribution in [0.4, 0.5) is 0 Å². The predicted molar refractivity (Wildman–Crippen MR) is 65.7 cm³/mol. The summed E-state index contributed by atoms with van der Waals surface area (Å²) in [7, 11) is 0. The number of rotatable bonds is 1. The lowest BCUT2D eigenvalue weighted by Crippen LogP contribution is -2.38. The SMILES string of the molecule is O=C1CCC2(CCCCC2c2ccccc2)O1.